The zero-order chi connectivity index (χ0) is 13.9. The van der Waals surface area contributed by atoms with Crippen LogP contribution in [0.25, 0.3) is 0 Å². The molecule has 1 aliphatic rings. The number of piperidine rings is 1. The molecule has 0 saturated carbocycles. The summed E-state index contributed by atoms with van der Waals surface area (Å²) < 4.78 is 37.9. The first-order valence-corrected chi connectivity index (χ1v) is 6.52. The van der Waals surface area contributed by atoms with E-state index in [0.29, 0.717) is 11.9 Å². The van der Waals surface area contributed by atoms with Crippen LogP contribution in [0.2, 0.25) is 0 Å². The molecule has 0 amide bonds. The highest BCUT2D eigenvalue weighted by molar-refractivity contribution is 5.42. The standard InChI is InChI=1S/C13H18F3N3/c1-2-17-11-4-7-19(8-5-11)12-9-10(3-6-18-12)13(14,15)16/h3,6,9,11,17H,2,4-5,7-8H2,1H3. The van der Waals surface area contributed by atoms with Gasteiger partial charge in [0.25, 0.3) is 0 Å². The first-order chi connectivity index (χ1) is 9.00. The van der Waals surface area contributed by atoms with E-state index >= 15 is 0 Å². The minimum Gasteiger partial charge on any atom is -0.356 e. The van der Waals surface area contributed by atoms with Gasteiger partial charge in [-0.05, 0) is 31.5 Å². The van der Waals surface area contributed by atoms with Crippen LogP contribution in [0, 0.1) is 0 Å². The molecule has 1 N–H and O–H groups in total. The lowest BCUT2D eigenvalue weighted by molar-refractivity contribution is -0.137. The number of nitrogens with one attached hydrogen (secondary N) is 1. The second kappa shape index (κ2) is 5.77. The molecule has 1 aliphatic heterocycles. The van der Waals surface area contributed by atoms with Crippen LogP contribution < -0.4 is 10.2 Å². The lowest BCUT2D eigenvalue weighted by atomic mass is 10.0. The molecule has 0 radical (unpaired) electrons. The van der Waals surface area contributed by atoms with Crippen molar-refractivity contribution < 1.29 is 13.2 Å². The Morgan fingerprint density at radius 1 is 1.37 bits per heavy atom. The van der Waals surface area contributed by atoms with Gasteiger partial charge in [0, 0.05) is 25.3 Å². The minimum atomic E-state index is -4.31. The molecule has 0 aliphatic carbocycles. The van der Waals surface area contributed by atoms with E-state index in [2.05, 4.69) is 17.2 Å². The van der Waals surface area contributed by atoms with Gasteiger partial charge in [-0.3, -0.25) is 0 Å². The highest BCUT2D eigenvalue weighted by Gasteiger charge is 2.31. The van der Waals surface area contributed by atoms with Gasteiger partial charge >= 0.3 is 6.18 Å². The molecule has 1 saturated heterocycles. The van der Waals surface area contributed by atoms with Gasteiger partial charge < -0.3 is 10.2 Å². The Labute approximate surface area is 110 Å². The molecule has 106 valence electrons. The lowest BCUT2D eigenvalue weighted by Crippen LogP contribution is -2.42. The third-order valence-electron chi connectivity index (χ3n) is 3.38. The minimum absolute atomic E-state index is 0.421. The Kier molecular flexibility index (Phi) is 4.29. The summed E-state index contributed by atoms with van der Waals surface area (Å²) in [6.07, 6.45) is -1.20. The number of hydrogen-bond acceptors (Lipinski definition) is 3. The number of aromatic nitrogens is 1. The molecule has 1 fully saturated rings. The van der Waals surface area contributed by atoms with Gasteiger partial charge in [-0.1, -0.05) is 6.92 Å². The quantitative estimate of drug-likeness (QED) is 0.917. The lowest BCUT2D eigenvalue weighted by Gasteiger charge is -2.33. The molecule has 19 heavy (non-hydrogen) atoms. The molecule has 2 heterocycles. The fraction of sp³-hybridized carbons (Fsp3) is 0.615. The normalized spacial score (nSPS) is 17.8. The van der Waals surface area contributed by atoms with Crippen LogP contribution in [0.1, 0.15) is 25.3 Å². The highest BCUT2D eigenvalue weighted by Crippen LogP contribution is 2.31. The van der Waals surface area contributed by atoms with Crippen LogP contribution in [0.5, 0.6) is 0 Å². The van der Waals surface area contributed by atoms with E-state index in [1.54, 1.807) is 0 Å². The second-order valence-electron chi connectivity index (χ2n) is 4.72. The zero-order valence-corrected chi connectivity index (χ0v) is 10.9. The SMILES string of the molecule is CCNC1CCN(c2cc(C(F)(F)F)ccn2)CC1. The van der Waals surface area contributed by atoms with Crippen LogP contribution in [0.15, 0.2) is 18.3 Å². The Morgan fingerprint density at radius 3 is 2.63 bits per heavy atom. The van der Waals surface area contributed by atoms with Crippen LogP contribution in [-0.4, -0.2) is 30.7 Å². The molecule has 0 aromatic carbocycles. The van der Waals surface area contributed by atoms with Gasteiger partial charge in [-0.25, -0.2) is 4.98 Å². The number of halogens is 3. The summed E-state index contributed by atoms with van der Waals surface area (Å²) in [5.74, 6) is 0.421. The Bertz CT molecular complexity index is 412. The maximum absolute atomic E-state index is 12.6. The van der Waals surface area contributed by atoms with Crippen LogP contribution in [0.4, 0.5) is 19.0 Å². The molecule has 0 atom stereocenters. The number of nitrogens with zero attached hydrogens (tertiary/aromatic N) is 2. The average Bonchev–Trinajstić information content (AvgIpc) is 2.39. The maximum atomic E-state index is 12.6. The predicted molar refractivity (Wildman–Crippen MR) is 68.2 cm³/mol. The monoisotopic (exact) mass is 273 g/mol. The van der Waals surface area contributed by atoms with E-state index in [4.69, 9.17) is 0 Å². The highest BCUT2D eigenvalue weighted by atomic mass is 19.4. The van der Waals surface area contributed by atoms with E-state index in [-0.39, 0.29) is 0 Å². The molecule has 0 unspecified atom stereocenters. The van der Waals surface area contributed by atoms with Crippen molar-refractivity contribution in [1.29, 1.82) is 0 Å². The van der Waals surface area contributed by atoms with Crippen molar-refractivity contribution in [2.75, 3.05) is 24.5 Å². The summed E-state index contributed by atoms with van der Waals surface area (Å²) in [7, 11) is 0. The number of alkyl halides is 3. The fourth-order valence-corrected chi connectivity index (χ4v) is 2.37. The summed E-state index contributed by atoms with van der Waals surface area (Å²) in [5.41, 5.74) is -0.633. The van der Waals surface area contributed by atoms with Crippen molar-refractivity contribution in [2.45, 2.75) is 32.0 Å². The maximum Gasteiger partial charge on any atom is 0.416 e. The number of rotatable bonds is 3. The molecule has 0 spiro atoms. The van der Waals surface area contributed by atoms with Gasteiger partial charge in [0.15, 0.2) is 0 Å². The van der Waals surface area contributed by atoms with E-state index < -0.39 is 11.7 Å². The van der Waals surface area contributed by atoms with Crippen LogP contribution in [0.3, 0.4) is 0 Å². The van der Waals surface area contributed by atoms with Gasteiger partial charge in [-0.2, -0.15) is 13.2 Å². The summed E-state index contributed by atoms with van der Waals surface area (Å²) in [5, 5.41) is 3.37. The number of anilines is 1. The summed E-state index contributed by atoms with van der Waals surface area (Å²) in [6, 6.07) is 2.61. The first kappa shape index (κ1) is 14.1. The third kappa shape index (κ3) is 3.59. The van der Waals surface area contributed by atoms with Crippen molar-refractivity contribution in [3.63, 3.8) is 0 Å². The summed E-state index contributed by atoms with van der Waals surface area (Å²) >= 11 is 0. The summed E-state index contributed by atoms with van der Waals surface area (Å²) in [6.45, 7) is 4.46. The molecule has 2 rings (SSSR count). The molecule has 1 aromatic heterocycles. The van der Waals surface area contributed by atoms with Crippen LogP contribution >= 0.6 is 0 Å². The van der Waals surface area contributed by atoms with E-state index in [1.807, 2.05) is 4.90 Å². The molecule has 0 bridgehead atoms. The van der Waals surface area contributed by atoms with Crippen molar-refractivity contribution in [2.24, 2.45) is 0 Å². The Morgan fingerprint density at radius 2 is 2.05 bits per heavy atom. The van der Waals surface area contributed by atoms with E-state index in [9.17, 15) is 13.2 Å². The van der Waals surface area contributed by atoms with Gasteiger partial charge in [-0.15, -0.1) is 0 Å². The number of hydrogen-bond donors (Lipinski definition) is 1. The summed E-state index contributed by atoms with van der Waals surface area (Å²) in [4.78, 5) is 5.97. The van der Waals surface area contributed by atoms with Gasteiger partial charge in [0.1, 0.15) is 5.82 Å². The Balaban J connectivity index is 2.03. The van der Waals surface area contributed by atoms with Crippen molar-refractivity contribution in [3.8, 4) is 0 Å². The third-order valence-corrected chi connectivity index (χ3v) is 3.38. The van der Waals surface area contributed by atoms with Crippen molar-refractivity contribution >= 4 is 5.82 Å². The van der Waals surface area contributed by atoms with Crippen molar-refractivity contribution in [3.05, 3.63) is 23.9 Å². The first-order valence-electron chi connectivity index (χ1n) is 6.52. The smallest absolute Gasteiger partial charge is 0.356 e. The molecule has 1 aromatic rings. The van der Waals surface area contributed by atoms with E-state index in [0.717, 1.165) is 44.6 Å². The van der Waals surface area contributed by atoms with Gasteiger partial charge in [0.2, 0.25) is 0 Å². The zero-order valence-electron chi connectivity index (χ0n) is 10.9. The van der Waals surface area contributed by atoms with Crippen LogP contribution in [-0.2, 0) is 6.18 Å². The molecule has 6 heteroatoms. The molecular weight excluding hydrogens is 255 g/mol. The Hall–Kier alpha value is -1.30. The second-order valence-corrected chi connectivity index (χ2v) is 4.72. The fourth-order valence-electron chi connectivity index (χ4n) is 2.37. The topological polar surface area (TPSA) is 28.2 Å². The average molecular weight is 273 g/mol. The van der Waals surface area contributed by atoms with Crippen molar-refractivity contribution in [1.82, 2.24) is 10.3 Å². The largest absolute Gasteiger partial charge is 0.416 e. The predicted octanol–water partition coefficient (Wildman–Crippen LogP) is 2.68. The van der Waals surface area contributed by atoms with Gasteiger partial charge in [0.05, 0.1) is 5.56 Å². The molecular formula is C13H18F3N3. The number of pyridine rings is 1. The molecule has 3 nitrogen and oxygen atoms in total. The van der Waals surface area contributed by atoms with E-state index in [1.165, 1.54) is 6.20 Å².